The standard InChI is InChI=1S/C29H27FN4OS/c1-16-6-9-21(10-7-16)27-32-28(35-33-27)25-20(5)34(23-12-13-24(30)19(4)15-23)29(36)31-26(25)22-11-8-17(2)18(3)14-22/h6-15,26H,1-5H3,(H,31,36). The van der Waals surface area contributed by atoms with Gasteiger partial charge in [0.15, 0.2) is 5.11 Å². The second-order valence-electron chi connectivity index (χ2n) is 9.28. The third kappa shape index (κ3) is 4.31. The zero-order valence-corrected chi connectivity index (χ0v) is 21.7. The molecule has 5 rings (SSSR count). The van der Waals surface area contributed by atoms with Crippen LogP contribution in [0.5, 0.6) is 0 Å². The van der Waals surface area contributed by atoms with E-state index in [1.165, 1.54) is 17.2 Å². The van der Waals surface area contributed by atoms with Crippen molar-refractivity contribution in [3.05, 3.63) is 106 Å². The molecule has 7 heteroatoms. The fourth-order valence-electron chi connectivity index (χ4n) is 4.45. The van der Waals surface area contributed by atoms with Crippen LogP contribution < -0.4 is 10.2 Å². The number of hydrogen-bond acceptors (Lipinski definition) is 4. The van der Waals surface area contributed by atoms with Gasteiger partial charge in [0.2, 0.25) is 5.82 Å². The molecule has 0 spiro atoms. The highest BCUT2D eigenvalue weighted by Gasteiger charge is 2.35. The Labute approximate surface area is 215 Å². The first-order valence-electron chi connectivity index (χ1n) is 11.8. The molecular formula is C29H27FN4OS. The van der Waals surface area contributed by atoms with Crippen molar-refractivity contribution in [1.29, 1.82) is 0 Å². The molecule has 1 atom stereocenters. The van der Waals surface area contributed by atoms with Crippen LogP contribution in [0.2, 0.25) is 0 Å². The van der Waals surface area contributed by atoms with E-state index in [1.807, 2.05) is 43.0 Å². The van der Waals surface area contributed by atoms with E-state index in [1.54, 1.807) is 19.1 Å². The molecule has 1 aromatic heterocycles. The number of anilines is 1. The molecule has 1 aliphatic heterocycles. The van der Waals surface area contributed by atoms with Crippen molar-refractivity contribution in [2.24, 2.45) is 0 Å². The first-order chi connectivity index (χ1) is 17.2. The second kappa shape index (κ2) is 9.32. The monoisotopic (exact) mass is 498 g/mol. The van der Waals surface area contributed by atoms with Gasteiger partial charge in [-0.05, 0) is 87.3 Å². The van der Waals surface area contributed by atoms with Crippen LogP contribution in [-0.2, 0) is 0 Å². The average molecular weight is 499 g/mol. The van der Waals surface area contributed by atoms with Crippen LogP contribution in [0.4, 0.5) is 10.1 Å². The number of aromatic nitrogens is 2. The van der Waals surface area contributed by atoms with Crippen molar-refractivity contribution in [2.75, 3.05) is 4.90 Å². The molecule has 1 aliphatic rings. The Bertz CT molecular complexity index is 1510. The van der Waals surface area contributed by atoms with Crippen LogP contribution in [0.1, 0.15) is 46.7 Å². The van der Waals surface area contributed by atoms with Crippen LogP contribution in [0.15, 0.2) is 70.9 Å². The fraction of sp³-hybridized carbons (Fsp3) is 0.207. The third-order valence-electron chi connectivity index (χ3n) is 6.72. The van der Waals surface area contributed by atoms with Crippen LogP contribution in [0.3, 0.4) is 0 Å². The van der Waals surface area contributed by atoms with Gasteiger partial charge in [-0.15, -0.1) is 0 Å². The van der Waals surface area contributed by atoms with Crippen LogP contribution >= 0.6 is 12.2 Å². The van der Waals surface area contributed by atoms with Crippen molar-refractivity contribution >= 4 is 28.6 Å². The Morgan fingerprint density at radius 2 is 1.64 bits per heavy atom. The minimum absolute atomic E-state index is 0.260. The van der Waals surface area contributed by atoms with Crippen molar-refractivity contribution in [3.8, 4) is 11.4 Å². The van der Waals surface area contributed by atoms with E-state index < -0.39 is 0 Å². The maximum absolute atomic E-state index is 14.0. The van der Waals surface area contributed by atoms with E-state index in [0.717, 1.165) is 33.6 Å². The first kappa shape index (κ1) is 23.9. The Kier molecular flexibility index (Phi) is 6.18. The quantitative estimate of drug-likeness (QED) is 0.307. The van der Waals surface area contributed by atoms with Crippen LogP contribution in [0, 0.1) is 33.5 Å². The van der Waals surface area contributed by atoms with Crippen LogP contribution in [0.25, 0.3) is 17.0 Å². The number of halogens is 1. The molecule has 0 aliphatic carbocycles. The summed E-state index contributed by atoms with van der Waals surface area (Å²) in [5.74, 6) is 0.663. The summed E-state index contributed by atoms with van der Waals surface area (Å²) < 4.78 is 19.9. The zero-order valence-electron chi connectivity index (χ0n) is 20.9. The number of benzene rings is 3. The fourth-order valence-corrected chi connectivity index (χ4v) is 4.81. The minimum Gasteiger partial charge on any atom is -0.351 e. The highest BCUT2D eigenvalue weighted by atomic mass is 32.1. The highest BCUT2D eigenvalue weighted by Crippen LogP contribution is 2.39. The van der Waals surface area contributed by atoms with E-state index in [9.17, 15) is 4.39 Å². The van der Waals surface area contributed by atoms with E-state index in [-0.39, 0.29) is 11.9 Å². The van der Waals surface area contributed by atoms with Crippen molar-refractivity contribution in [1.82, 2.24) is 15.5 Å². The molecule has 2 heterocycles. The first-order valence-corrected chi connectivity index (χ1v) is 12.2. The Morgan fingerprint density at radius 1 is 0.889 bits per heavy atom. The maximum atomic E-state index is 14.0. The summed E-state index contributed by atoms with van der Waals surface area (Å²) >= 11 is 5.82. The zero-order chi connectivity index (χ0) is 25.6. The summed E-state index contributed by atoms with van der Waals surface area (Å²) in [6.45, 7) is 9.93. The van der Waals surface area contributed by atoms with Gasteiger partial charge in [0.25, 0.3) is 5.89 Å². The lowest BCUT2D eigenvalue weighted by Gasteiger charge is -2.37. The van der Waals surface area contributed by atoms with E-state index >= 15 is 0 Å². The van der Waals surface area contributed by atoms with Gasteiger partial charge in [-0.2, -0.15) is 4.98 Å². The largest absolute Gasteiger partial charge is 0.351 e. The summed E-state index contributed by atoms with van der Waals surface area (Å²) in [4.78, 5) is 6.67. The topological polar surface area (TPSA) is 54.2 Å². The van der Waals surface area contributed by atoms with E-state index in [4.69, 9.17) is 21.7 Å². The summed E-state index contributed by atoms with van der Waals surface area (Å²) in [6.07, 6.45) is 0. The molecule has 1 N–H and O–H groups in total. The number of hydrogen-bond donors (Lipinski definition) is 1. The molecule has 0 saturated heterocycles. The summed E-state index contributed by atoms with van der Waals surface area (Å²) in [5, 5.41) is 8.27. The number of nitrogens with one attached hydrogen (secondary N) is 1. The normalized spacial score (nSPS) is 15.9. The number of rotatable bonds is 4. The van der Waals surface area contributed by atoms with Gasteiger partial charge >= 0.3 is 0 Å². The van der Waals surface area contributed by atoms with Gasteiger partial charge in [0.1, 0.15) is 5.82 Å². The highest BCUT2D eigenvalue weighted by molar-refractivity contribution is 7.80. The molecule has 182 valence electrons. The van der Waals surface area contributed by atoms with Gasteiger partial charge in [-0.25, -0.2) is 4.39 Å². The van der Waals surface area contributed by atoms with E-state index in [0.29, 0.717) is 22.4 Å². The summed E-state index contributed by atoms with van der Waals surface area (Å²) in [6, 6.07) is 19.0. The molecule has 0 amide bonds. The Morgan fingerprint density at radius 3 is 2.33 bits per heavy atom. The molecular weight excluding hydrogens is 471 g/mol. The lowest BCUT2D eigenvalue weighted by atomic mass is 9.92. The van der Waals surface area contributed by atoms with Gasteiger partial charge in [-0.3, -0.25) is 4.90 Å². The third-order valence-corrected chi connectivity index (χ3v) is 7.02. The lowest BCUT2D eigenvalue weighted by molar-refractivity contribution is 0.404. The van der Waals surface area contributed by atoms with E-state index in [2.05, 4.69) is 42.5 Å². The van der Waals surface area contributed by atoms with Crippen molar-refractivity contribution < 1.29 is 8.91 Å². The second-order valence-corrected chi connectivity index (χ2v) is 9.67. The predicted octanol–water partition coefficient (Wildman–Crippen LogP) is 6.98. The lowest BCUT2D eigenvalue weighted by Crippen LogP contribution is -2.46. The van der Waals surface area contributed by atoms with Crippen molar-refractivity contribution in [2.45, 2.75) is 40.7 Å². The molecule has 36 heavy (non-hydrogen) atoms. The number of aryl methyl sites for hydroxylation is 4. The molecule has 0 fully saturated rings. The number of nitrogens with zero attached hydrogens (tertiary/aromatic N) is 3. The predicted molar refractivity (Wildman–Crippen MR) is 145 cm³/mol. The molecule has 1 unspecified atom stereocenters. The Balaban J connectivity index is 1.67. The molecule has 0 radical (unpaired) electrons. The SMILES string of the molecule is CC1=C(c2nc(-c3ccc(C)cc3)no2)C(c2ccc(C)c(C)c2)NC(=S)N1c1ccc(F)c(C)c1. The van der Waals surface area contributed by atoms with Crippen molar-refractivity contribution in [3.63, 3.8) is 0 Å². The summed E-state index contributed by atoms with van der Waals surface area (Å²) in [7, 11) is 0. The van der Waals surface area contributed by atoms with Gasteiger partial charge in [-0.1, -0.05) is 53.2 Å². The van der Waals surface area contributed by atoms with Gasteiger partial charge in [0.05, 0.1) is 11.6 Å². The molecule has 4 aromatic rings. The molecule has 0 saturated carbocycles. The molecule has 5 nitrogen and oxygen atoms in total. The average Bonchev–Trinajstić information content (AvgIpc) is 3.33. The van der Waals surface area contributed by atoms with Gasteiger partial charge in [0, 0.05) is 16.9 Å². The van der Waals surface area contributed by atoms with Gasteiger partial charge < -0.3 is 9.84 Å². The maximum Gasteiger partial charge on any atom is 0.258 e. The smallest absolute Gasteiger partial charge is 0.258 e. The molecule has 0 bridgehead atoms. The Hall–Kier alpha value is -3.84. The number of allylic oxidation sites excluding steroid dienone is 1. The molecule has 3 aromatic carbocycles. The number of thiocarbonyl (C=S) groups is 1. The van der Waals surface area contributed by atoms with Crippen LogP contribution in [-0.4, -0.2) is 15.3 Å². The summed E-state index contributed by atoms with van der Waals surface area (Å²) in [5.41, 5.74) is 8.43. The minimum atomic E-state index is -0.291.